The summed E-state index contributed by atoms with van der Waals surface area (Å²) in [5.41, 5.74) is 1.29. The predicted octanol–water partition coefficient (Wildman–Crippen LogP) is 12.0. The largest absolute Gasteiger partial charge is 0.460 e. The average Bonchev–Trinajstić information content (AvgIpc) is 2.96. The summed E-state index contributed by atoms with van der Waals surface area (Å²) in [5.74, 6) is -80.3. The minimum Gasteiger partial charge on any atom is -0.199 e. The maximum Gasteiger partial charge on any atom is 0.460 e. The van der Waals surface area contributed by atoms with Gasteiger partial charge in [-0.05, 0) is 55.6 Å². The molecule has 1 aromatic rings. The van der Waals surface area contributed by atoms with Crippen molar-refractivity contribution >= 4 is 0 Å². The fraction of sp³-hybridized carbons (Fsp3) is 0.778. The lowest BCUT2D eigenvalue weighted by Gasteiger charge is -2.46. The summed E-state index contributed by atoms with van der Waals surface area (Å²) < 4.78 is 287. The van der Waals surface area contributed by atoms with E-state index in [0.717, 1.165) is 24.8 Å². The Morgan fingerprint density at radius 3 is 1.17 bits per heavy atom. The first-order chi connectivity index (χ1) is 21.3. The number of halogens is 21. The van der Waals surface area contributed by atoms with Crippen LogP contribution in [0.4, 0.5) is 92.2 Å². The van der Waals surface area contributed by atoms with Crippen LogP contribution in [0.15, 0.2) is 24.3 Å². The van der Waals surface area contributed by atoms with Crippen molar-refractivity contribution in [3.63, 3.8) is 0 Å². The Balaban J connectivity index is 2.40. The van der Waals surface area contributed by atoms with Crippen LogP contribution in [0.5, 0.6) is 0 Å². The third-order valence-corrected chi connectivity index (χ3v) is 8.30. The Morgan fingerprint density at radius 2 is 0.812 bits per heavy atom. The van der Waals surface area contributed by atoms with Gasteiger partial charge in [0.2, 0.25) is 0 Å². The molecule has 0 N–H and O–H groups in total. The molecule has 0 nitrogen and oxygen atoms in total. The van der Waals surface area contributed by atoms with Gasteiger partial charge in [0.15, 0.2) is 0 Å². The monoisotopic (exact) mass is 748 g/mol. The summed E-state index contributed by atoms with van der Waals surface area (Å²) in [4.78, 5) is 0. The highest BCUT2D eigenvalue weighted by Gasteiger charge is 2.98. The van der Waals surface area contributed by atoms with Gasteiger partial charge in [-0.1, -0.05) is 44.0 Å². The van der Waals surface area contributed by atoms with Crippen molar-refractivity contribution in [2.75, 3.05) is 0 Å². The molecule has 280 valence electrons. The first kappa shape index (κ1) is 41.9. The van der Waals surface area contributed by atoms with Gasteiger partial charge >= 0.3 is 59.5 Å². The van der Waals surface area contributed by atoms with Crippen molar-refractivity contribution in [2.24, 2.45) is 5.92 Å². The summed E-state index contributed by atoms with van der Waals surface area (Å²) >= 11 is 0. The summed E-state index contributed by atoms with van der Waals surface area (Å²) in [6.45, 7) is 1.95. The molecule has 0 bridgehead atoms. The van der Waals surface area contributed by atoms with Gasteiger partial charge < -0.3 is 0 Å². The molecule has 0 radical (unpaired) electrons. The maximum atomic E-state index is 14.8. The average molecular weight is 748 g/mol. The molecule has 0 aliphatic heterocycles. The summed E-state index contributed by atoms with van der Waals surface area (Å²) in [7, 11) is 0. The SMILES string of the molecule is CCCCCc1ccc(C2CCC(C(F)(F)C(F)(F)C(F)(F)C(F)(F)C(F)(F)C(F)(F)C(F)(F)C(F)(F)C(F)(F)C(F)(F)F)CC2)cc1. The number of aryl methyl sites for hydroxylation is 1. The second-order valence-corrected chi connectivity index (χ2v) is 11.5. The van der Waals surface area contributed by atoms with E-state index in [9.17, 15) is 92.2 Å². The van der Waals surface area contributed by atoms with Crippen LogP contribution in [-0.4, -0.2) is 59.5 Å². The molecule has 0 saturated heterocycles. The zero-order chi connectivity index (χ0) is 37.8. The number of hydrogen-bond donors (Lipinski definition) is 0. The zero-order valence-corrected chi connectivity index (χ0v) is 24.1. The molecule has 2 rings (SSSR count). The van der Waals surface area contributed by atoms with E-state index in [0.29, 0.717) is 12.0 Å². The molecule has 0 heterocycles. The van der Waals surface area contributed by atoms with Gasteiger partial charge in [0.1, 0.15) is 0 Å². The van der Waals surface area contributed by atoms with E-state index in [1.165, 1.54) is 12.1 Å². The van der Waals surface area contributed by atoms with Crippen molar-refractivity contribution in [3.05, 3.63) is 35.4 Å². The van der Waals surface area contributed by atoms with E-state index in [1.807, 2.05) is 6.92 Å². The molecule has 0 unspecified atom stereocenters. The Morgan fingerprint density at radius 1 is 0.458 bits per heavy atom. The second kappa shape index (κ2) is 12.8. The highest BCUT2D eigenvalue weighted by Crippen LogP contribution is 2.67. The first-order valence-electron chi connectivity index (χ1n) is 13.8. The summed E-state index contributed by atoms with van der Waals surface area (Å²) in [6.07, 6.45) is -8.19. The number of alkyl halides is 21. The molecule has 1 fully saturated rings. The van der Waals surface area contributed by atoms with Crippen LogP contribution < -0.4 is 0 Å². The molecular weight excluding hydrogens is 723 g/mol. The van der Waals surface area contributed by atoms with Gasteiger partial charge in [-0.25, -0.2) is 0 Å². The van der Waals surface area contributed by atoms with Crippen molar-refractivity contribution in [1.29, 1.82) is 0 Å². The van der Waals surface area contributed by atoms with E-state index < -0.39 is 97.0 Å². The van der Waals surface area contributed by atoms with Crippen LogP contribution in [0, 0.1) is 5.92 Å². The van der Waals surface area contributed by atoms with Gasteiger partial charge in [0.05, 0.1) is 0 Å². The number of benzene rings is 1. The molecule has 21 heteroatoms. The normalized spacial score (nSPS) is 20.3. The lowest BCUT2D eigenvalue weighted by atomic mass is 9.73. The van der Waals surface area contributed by atoms with Crippen molar-refractivity contribution < 1.29 is 92.2 Å². The molecule has 1 saturated carbocycles. The fourth-order valence-corrected chi connectivity index (χ4v) is 5.15. The molecule has 1 aromatic carbocycles. The molecule has 0 amide bonds. The first-order valence-corrected chi connectivity index (χ1v) is 13.8. The van der Waals surface area contributed by atoms with Gasteiger partial charge in [-0.15, -0.1) is 0 Å². The smallest absolute Gasteiger partial charge is 0.199 e. The fourth-order valence-electron chi connectivity index (χ4n) is 5.15. The van der Waals surface area contributed by atoms with Crippen LogP contribution >= 0.6 is 0 Å². The molecule has 0 atom stereocenters. The van der Waals surface area contributed by atoms with E-state index in [1.54, 1.807) is 12.1 Å². The standard InChI is InChI=1S/C27H25F21/c1-2-3-4-5-14-6-8-15(9-7-14)16-10-12-17(13-11-16)18(28,29)19(30,31)20(32,33)21(34,35)22(36,37)23(38,39)24(40,41)25(42,43)26(44,45)27(46,47)48/h6-9,16-17H,2-5,10-13H2,1H3. The molecule has 0 aromatic heterocycles. The van der Waals surface area contributed by atoms with E-state index in [2.05, 4.69) is 0 Å². The third kappa shape index (κ3) is 6.18. The van der Waals surface area contributed by atoms with Crippen LogP contribution in [0.3, 0.4) is 0 Å². The number of unbranched alkanes of at least 4 members (excludes halogenated alkanes) is 2. The van der Waals surface area contributed by atoms with Crippen molar-refractivity contribution in [1.82, 2.24) is 0 Å². The minimum absolute atomic E-state index is 0.440. The third-order valence-electron chi connectivity index (χ3n) is 8.30. The van der Waals surface area contributed by atoms with E-state index in [4.69, 9.17) is 0 Å². The summed E-state index contributed by atoms with van der Waals surface area (Å²) in [6, 6.07) is 6.34. The molecule has 1 aliphatic rings. The Hall–Kier alpha value is -2.25. The quantitative estimate of drug-likeness (QED) is 0.131. The zero-order valence-electron chi connectivity index (χ0n) is 24.1. The minimum atomic E-state index is -9.15. The van der Waals surface area contributed by atoms with E-state index >= 15 is 0 Å². The maximum absolute atomic E-state index is 14.8. The number of hydrogen-bond acceptors (Lipinski definition) is 0. The highest BCUT2D eigenvalue weighted by molar-refractivity contribution is 5.26. The molecule has 48 heavy (non-hydrogen) atoms. The second-order valence-electron chi connectivity index (χ2n) is 11.5. The van der Waals surface area contributed by atoms with Crippen molar-refractivity contribution in [2.45, 2.75) is 124 Å². The van der Waals surface area contributed by atoms with Crippen LogP contribution in [0.2, 0.25) is 0 Å². The molecule has 1 aliphatic carbocycles. The topological polar surface area (TPSA) is 0 Å². The van der Waals surface area contributed by atoms with Gasteiger partial charge in [-0.3, -0.25) is 0 Å². The van der Waals surface area contributed by atoms with Gasteiger partial charge in [-0.2, -0.15) is 92.2 Å². The van der Waals surface area contributed by atoms with Gasteiger partial charge in [0.25, 0.3) is 0 Å². The Bertz CT molecular complexity index is 1220. The Labute approximate surface area is 258 Å². The highest BCUT2D eigenvalue weighted by atomic mass is 19.4. The lowest BCUT2D eigenvalue weighted by Crippen LogP contribution is -2.77. The van der Waals surface area contributed by atoms with Crippen LogP contribution in [0.25, 0.3) is 0 Å². The van der Waals surface area contributed by atoms with Gasteiger partial charge in [0, 0.05) is 5.92 Å². The van der Waals surface area contributed by atoms with Crippen molar-refractivity contribution in [3.8, 4) is 0 Å². The Kier molecular flexibility index (Phi) is 11.2. The van der Waals surface area contributed by atoms with Crippen LogP contribution in [-0.2, 0) is 6.42 Å². The molecular formula is C27H25F21. The lowest BCUT2D eigenvalue weighted by molar-refractivity contribution is -0.475. The van der Waals surface area contributed by atoms with Crippen LogP contribution in [0.1, 0.15) is 68.9 Å². The molecule has 0 spiro atoms. The predicted molar refractivity (Wildman–Crippen MR) is 125 cm³/mol. The van der Waals surface area contributed by atoms with E-state index in [-0.39, 0.29) is 0 Å². The number of rotatable bonds is 14. The summed E-state index contributed by atoms with van der Waals surface area (Å²) in [5, 5.41) is 0.